The minimum Gasteiger partial charge on any atom is -0.443 e. The second-order valence-corrected chi connectivity index (χ2v) is 24.1. The maximum Gasteiger partial charge on any atom is 0.416 e. The number of benzene rings is 1. The van der Waals surface area contributed by atoms with Crippen LogP contribution in [0.4, 0.5) is 21.2 Å². The van der Waals surface area contributed by atoms with Crippen LogP contribution >= 0.6 is 11.6 Å². The van der Waals surface area contributed by atoms with Crippen molar-refractivity contribution in [3.8, 4) is 0 Å². The molecule has 2 aliphatic carbocycles. The predicted molar refractivity (Wildman–Crippen MR) is 289 cm³/mol. The molecule has 8 atom stereocenters. The summed E-state index contributed by atoms with van der Waals surface area (Å²) in [6.45, 7) is 22.9. The van der Waals surface area contributed by atoms with Crippen LogP contribution in [0.15, 0.2) is 42.7 Å². The number of fused-ring (bicyclic) bond motifs is 4. The summed E-state index contributed by atoms with van der Waals surface area (Å²) < 4.78 is 52.8. The Morgan fingerprint density at radius 1 is 0.636 bits per heavy atom. The molecule has 416 valence electrons. The van der Waals surface area contributed by atoms with Gasteiger partial charge in [0.1, 0.15) is 35.6 Å². The van der Waals surface area contributed by atoms with Crippen LogP contribution in [0.25, 0.3) is 34.2 Å². The maximum absolute atomic E-state index is 13.8. The smallest absolute Gasteiger partial charge is 0.416 e. The Hall–Kier alpha value is -5.35. The lowest BCUT2D eigenvalue weighted by molar-refractivity contribution is -0.198. The standard InChI is InChI=1S/C32H41N5O5.C24H34ClN5O5/c1-7-23-25-26(41-32(5,6)40-25)29(39-23)37-28-22(19-33-37)27(34-24(35-28)18-17-20-13-9-8-10-14-20)36(21-15-11-12-16-21)30(38)42-31(2,3)4;1-7-15-16-17(34-24(5,6)33-16)20(32-15)30-19-14(12-26-30)18(27-21(25)28-19)29(13-10-8-9-11-13)22(31)35-23(2,3)4/h8-10,13-14,17-19,21,23,25-26,29H,7,11-12,15-16H2,1-6H3;12-13,15-17,20H,7-11H2,1-6H3/b18-17+;/t23-,25-,26-,29-;15-,16-,17-,20-/m11/s1. The average molecular weight is 1080 g/mol. The Kier molecular flexibility index (Phi) is 15.3. The first kappa shape index (κ1) is 55.0. The zero-order chi connectivity index (χ0) is 54.8. The van der Waals surface area contributed by atoms with Crippen molar-refractivity contribution < 1.29 is 47.5 Å². The first-order chi connectivity index (χ1) is 36.5. The van der Waals surface area contributed by atoms with E-state index in [1.54, 1.807) is 31.6 Å². The van der Waals surface area contributed by atoms with E-state index in [2.05, 4.69) is 28.9 Å². The molecule has 0 spiro atoms. The Bertz CT molecular complexity index is 2960. The molecule has 0 bridgehead atoms. The van der Waals surface area contributed by atoms with Crippen molar-refractivity contribution in [2.45, 2.75) is 231 Å². The highest BCUT2D eigenvalue weighted by Gasteiger charge is 2.57. The fraction of sp³-hybridized carbons (Fsp3) is 0.643. The molecule has 5 aromatic rings. The lowest BCUT2D eigenvalue weighted by Gasteiger charge is -2.31. The topological polar surface area (TPSA) is 202 Å². The zero-order valence-electron chi connectivity index (χ0n) is 46.5. The van der Waals surface area contributed by atoms with E-state index >= 15 is 0 Å². The fourth-order valence-electron chi connectivity index (χ4n) is 11.5. The Labute approximate surface area is 455 Å². The van der Waals surface area contributed by atoms with Crippen molar-refractivity contribution in [3.05, 3.63) is 59.4 Å². The molecule has 77 heavy (non-hydrogen) atoms. The Morgan fingerprint density at radius 2 is 1.06 bits per heavy atom. The molecule has 0 N–H and O–H groups in total. The summed E-state index contributed by atoms with van der Waals surface area (Å²) in [6.07, 6.45) is 13.0. The third kappa shape index (κ3) is 11.6. The number of hydrogen-bond donors (Lipinski definition) is 0. The van der Waals surface area contributed by atoms with Crippen LogP contribution in [0, 0.1) is 0 Å². The summed E-state index contributed by atoms with van der Waals surface area (Å²) in [4.78, 5) is 49.4. The molecule has 6 fully saturated rings. The Balaban J connectivity index is 0.000000178. The van der Waals surface area contributed by atoms with Crippen LogP contribution in [-0.2, 0) is 37.9 Å². The van der Waals surface area contributed by atoms with Crippen LogP contribution in [0.2, 0.25) is 5.28 Å². The fourth-order valence-corrected chi connectivity index (χ4v) is 11.7. The highest BCUT2D eigenvalue weighted by molar-refractivity contribution is 6.29. The SMILES string of the molecule is CC[C@H]1O[C@@H](n2ncc3c(N(C(=O)OC(C)(C)C)C4CCCC4)nc(/C=C/c4ccccc4)nc32)[C@@H]2OC(C)(C)O[C@@H]21.CC[C@H]1O[C@@H](n2ncc3c(N(C(=O)OC(C)(C)C)C4CCCC4)nc(Cl)nc32)[C@@H]2OC(C)(C)O[C@@H]21. The highest BCUT2D eigenvalue weighted by atomic mass is 35.5. The van der Waals surface area contributed by atoms with Gasteiger partial charge in [0, 0.05) is 12.1 Å². The van der Waals surface area contributed by atoms with Crippen LogP contribution < -0.4 is 9.80 Å². The van der Waals surface area contributed by atoms with Crippen molar-refractivity contribution in [2.75, 3.05) is 9.80 Å². The molecule has 20 nitrogen and oxygen atoms in total. The van der Waals surface area contributed by atoms with Gasteiger partial charge in [0.25, 0.3) is 0 Å². The maximum atomic E-state index is 13.8. The number of ether oxygens (including phenoxy) is 8. The zero-order valence-corrected chi connectivity index (χ0v) is 47.2. The molecule has 4 aromatic heterocycles. The Morgan fingerprint density at radius 3 is 1.51 bits per heavy atom. The second kappa shape index (κ2) is 21.4. The van der Waals surface area contributed by atoms with Gasteiger partial charge < -0.3 is 37.9 Å². The monoisotopic (exact) mass is 1080 g/mol. The van der Waals surface area contributed by atoms with Gasteiger partial charge in [-0.1, -0.05) is 75.9 Å². The minimum absolute atomic E-state index is 0.0197. The molecular formula is C56H75ClN10O10. The lowest BCUT2D eigenvalue weighted by atomic mass is 10.1. The van der Waals surface area contributed by atoms with E-state index in [1.807, 2.05) is 112 Å². The normalized spacial score (nSPS) is 27.1. The molecule has 6 aliphatic rings. The van der Waals surface area contributed by atoms with Crippen LogP contribution in [0.1, 0.15) is 171 Å². The van der Waals surface area contributed by atoms with Crippen LogP contribution in [0.5, 0.6) is 0 Å². The summed E-state index contributed by atoms with van der Waals surface area (Å²) >= 11 is 6.42. The van der Waals surface area contributed by atoms with Gasteiger partial charge in [0.2, 0.25) is 5.28 Å². The molecule has 0 radical (unpaired) electrons. The molecule has 8 heterocycles. The highest BCUT2D eigenvalue weighted by Crippen LogP contribution is 2.47. The van der Waals surface area contributed by atoms with E-state index in [0.717, 1.165) is 69.8 Å². The van der Waals surface area contributed by atoms with E-state index in [-0.39, 0.29) is 54.0 Å². The first-order valence-electron chi connectivity index (χ1n) is 27.5. The van der Waals surface area contributed by atoms with Crippen molar-refractivity contribution in [1.29, 1.82) is 0 Å². The van der Waals surface area contributed by atoms with Crippen molar-refractivity contribution in [1.82, 2.24) is 39.5 Å². The minimum atomic E-state index is -0.729. The van der Waals surface area contributed by atoms with Gasteiger partial charge in [-0.15, -0.1) is 0 Å². The quantitative estimate of drug-likeness (QED) is 0.119. The van der Waals surface area contributed by atoms with E-state index in [0.29, 0.717) is 39.5 Å². The second-order valence-electron chi connectivity index (χ2n) is 23.8. The molecule has 2 amide bonds. The van der Waals surface area contributed by atoms with E-state index < -0.39 is 47.4 Å². The van der Waals surface area contributed by atoms with Gasteiger partial charge >= 0.3 is 12.2 Å². The number of anilines is 2. The first-order valence-corrected chi connectivity index (χ1v) is 27.8. The summed E-state index contributed by atoms with van der Waals surface area (Å²) in [5.74, 6) is -0.0988. The van der Waals surface area contributed by atoms with Crippen LogP contribution in [-0.4, -0.2) is 123 Å². The van der Waals surface area contributed by atoms with E-state index in [4.69, 9.17) is 64.6 Å². The number of hydrogen-bond acceptors (Lipinski definition) is 16. The van der Waals surface area contributed by atoms with Gasteiger partial charge in [-0.3, -0.25) is 9.80 Å². The number of nitrogens with zero attached hydrogens (tertiary/aromatic N) is 10. The summed E-state index contributed by atoms with van der Waals surface area (Å²) in [7, 11) is 0. The summed E-state index contributed by atoms with van der Waals surface area (Å²) in [5, 5.41) is 10.7. The van der Waals surface area contributed by atoms with Gasteiger partial charge in [-0.2, -0.15) is 20.2 Å². The summed E-state index contributed by atoms with van der Waals surface area (Å²) in [6, 6.07) is 9.91. The van der Waals surface area contributed by atoms with Crippen molar-refractivity contribution >= 4 is 69.6 Å². The van der Waals surface area contributed by atoms with Crippen molar-refractivity contribution in [2.24, 2.45) is 0 Å². The van der Waals surface area contributed by atoms with Gasteiger partial charge in [-0.05, 0) is 131 Å². The molecular weight excluding hydrogens is 1010 g/mol. The molecule has 2 saturated carbocycles. The summed E-state index contributed by atoms with van der Waals surface area (Å²) in [5.41, 5.74) is 0.744. The molecule has 4 saturated heterocycles. The number of aromatic nitrogens is 8. The molecule has 11 rings (SSSR count). The van der Waals surface area contributed by atoms with Gasteiger partial charge in [0.15, 0.2) is 52.8 Å². The number of carbonyl (C=O) groups excluding carboxylic acids is 2. The van der Waals surface area contributed by atoms with Crippen molar-refractivity contribution in [3.63, 3.8) is 0 Å². The molecule has 0 unspecified atom stereocenters. The van der Waals surface area contributed by atoms with Gasteiger partial charge in [-0.25, -0.2) is 28.9 Å². The molecule has 21 heteroatoms. The predicted octanol–water partition coefficient (Wildman–Crippen LogP) is 11.5. The largest absolute Gasteiger partial charge is 0.443 e. The molecule has 4 aliphatic heterocycles. The number of amides is 2. The third-order valence-corrected chi connectivity index (χ3v) is 14.8. The number of carbonyl (C=O) groups is 2. The third-order valence-electron chi connectivity index (χ3n) is 14.6. The van der Waals surface area contributed by atoms with E-state index in [1.165, 1.54) is 0 Å². The lowest BCUT2D eigenvalue weighted by Crippen LogP contribution is -2.43. The van der Waals surface area contributed by atoms with Crippen LogP contribution in [0.3, 0.4) is 0 Å². The number of rotatable bonds is 10. The average Bonchev–Trinajstić information content (AvgIpc) is 4.29. The number of halogens is 1. The van der Waals surface area contributed by atoms with Gasteiger partial charge in [0.05, 0.1) is 35.4 Å². The van der Waals surface area contributed by atoms with E-state index in [9.17, 15) is 9.59 Å². The molecule has 1 aromatic carbocycles.